The molecule has 0 N–H and O–H groups in total. The first-order chi connectivity index (χ1) is 9.19. The molecule has 2 nitrogen and oxygen atoms in total. The minimum absolute atomic E-state index is 0.759. The molecule has 3 aromatic rings. The fourth-order valence-corrected chi connectivity index (χ4v) is 2.66. The van der Waals surface area contributed by atoms with Gasteiger partial charge in [0.1, 0.15) is 0 Å². The van der Waals surface area contributed by atoms with Crippen LogP contribution in [0.15, 0.2) is 42.5 Å². The summed E-state index contributed by atoms with van der Waals surface area (Å²) in [4.78, 5) is 4.60. The summed E-state index contributed by atoms with van der Waals surface area (Å²) in [5.41, 5.74) is 5.54. The average molecular weight is 271 g/mol. The van der Waals surface area contributed by atoms with Crippen LogP contribution in [0, 0.1) is 6.92 Å². The van der Waals surface area contributed by atoms with Gasteiger partial charge in [0.2, 0.25) is 0 Å². The van der Waals surface area contributed by atoms with Gasteiger partial charge in [0.05, 0.1) is 16.7 Å². The topological polar surface area (TPSA) is 17.8 Å². The van der Waals surface area contributed by atoms with Crippen LogP contribution in [-0.4, -0.2) is 9.55 Å². The second-order valence-corrected chi connectivity index (χ2v) is 5.08. The second-order valence-electron chi connectivity index (χ2n) is 4.64. The van der Waals surface area contributed by atoms with Crippen molar-refractivity contribution in [1.29, 1.82) is 0 Å². The SMILES string of the molecule is CCn1c(-c2cccc(Cl)c2)cc2nc(C)ccc21. The Morgan fingerprint density at radius 2 is 2.00 bits per heavy atom. The molecule has 0 aliphatic heterocycles. The van der Waals surface area contributed by atoms with Gasteiger partial charge in [0.25, 0.3) is 0 Å². The maximum Gasteiger partial charge on any atom is 0.0890 e. The number of benzene rings is 1. The highest BCUT2D eigenvalue weighted by molar-refractivity contribution is 6.30. The van der Waals surface area contributed by atoms with Crippen molar-refractivity contribution in [3.63, 3.8) is 0 Å². The van der Waals surface area contributed by atoms with Crippen LogP contribution >= 0.6 is 11.6 Å². The molecular weight excluding hydrogens is 256 g/mol. The van der Waals surface area contributed by atoms with Gasteiger partial charge in [-0.25, -0.2) is 0 Å². The summed E-state index contributed by atoms with van der Waals surface area (Å²) in [6.45, 7) is 5.07. The normalized spacial score (nSPS) is 11.1. The Hall–Kier alpha value is -1.80. The highest BCUT2D eigenvalue weighted by Crippen LogP contribution is 2.29. The number of pyridine rings is 1. The third-order valence-electron chi connectivity index (χ3n) is 3.33. The Morgan fingerprint density at radius 1 is 1.16 bits per heavy atom. The molecule has 96 valence electrons. The van der Waals surface area contributed by atoms with Crippen molar-refractivity contribution in [2.75, 3.05) is 0 Å². The molecular formula is C16H15ClN2. The van der Waals surface area contributed by atoms with E-state index in [0.717, 1.165) is 34.0 Å². The van der Waals surface area contributed by atoms with E-state index in [2.05, 4.69) is 40.7 Å². The van der Waals surface area contributed by atoms with E-state index in [4.69, 9.17) is 11.6 Å². The van der Waals surface area contributed by atoms with Crippen molar-refractivity contribution in [2.24, 2.45) is 0 Å². The van der Waals surface area contributed by atoms with E-state index >= 15 is 0 Å². The number of aryl methyl sites for hydroxylation is 2. The van der Waals surface area contributed by atoms with Gasteiger partial charge >= 0.3 is 0 Å². The summed E-state index contributed by atoms with van der Waals surface area (Å²) in [5, 5.41) is 0.759. The Bertz CT molecular complexity index is 744. The summed E-state index contributed by atoms with van der Waals surface area (Å²) in [6.07, 6.45) is 0. The first kappa shape index (κ1) is 12.2. The fourth-order valence-electron chi connectivity index (χ4n) is 2.47. The molecule has 0 spiro atoms. The Kier molecular flexibility index (Phi) is 3.03. The fraction of sp³-hybridized carbons (Fsp3) is 0.188. The van der Waals surface area contributed by atoms with Crippen LogP contribution in [0.1, 0.15) is 12.6 Å². The number of hydrogen-bond acceptors (Lipinski definition) is 1. The molecule has 0 radical (unpaired) electrons. The number of hydrogen-bond donors (Lipinski definition) is 0. The maximum atomic E-state index is 6.09. The van der Waals surface area contributed by atoms with Crippen LogP contribution in [-0.2, 0) is 6.54 Å². The molecule has 3 heteroatoms. The van der Waals surface area contributed by atoms with Gasteiger partial charge in [0, 0.05) is 17.3 Å². The molecule has 0 fully saturated rings. The Labute approximate surface area is 117 Å². The molecule has 0 bridgehead atoms. The van der Waals surface area contributed by atoms with Crippen molar-refractivity contribution in [3.05, 3.63) is 53.2 Å². The summed E-state index contributed by atoms with van der Waals surface area (Å²) < 4.78 is 2.27. The van der Waals surface area contributed by atoms with Crippen LogP contribution in [0.3, 0.4) is 0 Å². The molecule has 0 unspecified atom stereocenters. The smallest absolute Gasteiger partial charge is 0.0890 e. The predicted octanol–water partition coefficient (Wildman–Crippen LogP) is 4.69. The van der Waals surface area contributed by atoms with Gasteiger partial charge in [-0.2, -0.15) is 0 Å². The van der Waals surface area contributed by atoms with E-state index in [1.165, 1.54) is 5.52 Å². The summed E-state index contributed by atoms with van der Waals surface area (Å²) >= 11 is 6.09. The van der Waals surface area contributed by atoms with Crippen molar-refractivity contribution < 1.29 is 0 Å². The molecule has 0 aliphatic carbocycles. The molecule has 0 amide bonds. The van der Waals surface area contributed by atoms with Gasteiger partial charge < -0.3 is 4.57 Å². The third-order valence-corrected chi connectivity index (χ3v) is 3.57. The van der Waals surface area contributed by atoms with Gasteiger partial charge in [-0.3, -0.25) is 4.98 Å². The van der Waals surface area contributed by atoms with Crippen molar-refractivity contribution in [1.82, 2.24) is 9.55 Å². The summed E-state index contributed by atoms with van der Waals surface area (Å²) in [5.74, 6) is 0. The van der Waals surface area contributed by atoms with Gasteiger partial charge in [0.15, 0.2) is 0 Å². The Morgan fingerprint density at radius 3 is 2.74 bits per heavy atom. The lowest BCUT2D eigenvalue weighted by atomic mass is 10.1. The quantitative estimate of drug-likeness (QED) is 0.661. The van der Waals surface area contributed by atoms with Crippen LogP contribution in [0.25, 0.3) is 22.3 Å². The van der Waals surface area contributed by atoms with Crippen molar-refractivity contribution in [2.45, 2.75) is 20.4 Å². The van der Waals surface area contributed by atoms with Crippen molar-refractivity contribution >= 4 is 22.6 Å². The van der Waals surface area contributed by atoms with Crippen LogP contribution in [0.5, 0.6) is 0 Å². The summed E-state index contributed by atoms with van der Waals surface area (Å²) in [7, 11) is 0. The number of halogens is 1. The summed E-state index contributed by atoms with van der Waals surface area (Å²) in [6, 6.07) is 14.3. The molecule has 0 saturated carbocycles. The predicted molar refractivity (Wildman–Crippen MR) is 80.6 cm³/mol. The van der Waals surface area contributed by atoms with Crippen molar-refractivity contribution in [3.8, 4) is 11.3 Å². The zero-order valence-electron chi connectivity index (χ0n) is 11.0. The number of nitrogens with zero attached hydrogens (tertiary/aromatic N) is 2. The van der Waals surface area contributed by atoms with E-state index in [9.17, 15) is 0 Å². The first-order valence-electron chi connectivity index (χ1n) is 6.42. The minimum atomic E-state index is 0.759. The van der Waals surface area contributed by atoms with Gasteiger partial charge in [-0.15, -0.1) is 0 Å². The standard InChI is InChI=1S/C16H15ClN2/c1-3-19-15-8-7-11(2)18-14(15)10-16(19)12-5-4-6-13(17)9-12/h4-10H,3H2,1-2H3. The minimum Gasteiger partial charge on any atom is -0.339 e. The molecule has 3 rings (SSSR count). The van der Waals surface area contributed by atoms with E-state index < -0.39 is 0 Å². The lowest BCUT2D eigenvalue weighted by Gasteiger charge is -2.08. The zero-order chi connectivity index (χ0) is 13.4. The van der Waals surface area contributed by atoms with Crippen LogP contribution in [0.4, 0.5) is 0 Å². The molecule has 2 aromatic heterocycles. The first-order valence-corrected chi connectivity index (χ1v) is 6.79. The number of fused-ring (bicyclic) bond motifs is 1. The largest absolute Gasteiger partial charge is 0.339 e. The number of aromatic nitrogens is 2. The molecule has 1 aromatic carbocycles. The van der Waals surface area contributed by atoms with Crippen LogP contribution in [0.2, 0.25) is 5.02 Å². The number of rotatable bonds is 2. The van der Waals surface area contributed by atoms with Gasteiger partial charge in [-0.05, 0) is 49.7 Å². The highest BCUT2D eigenvalue weighted by atomic mass is 35.5. The molecule has 0 atom stereocenters. The highest BCUT2D eigenvalue weighted by Gasteiger charge is 2.10. The lowest BCUT2D eigenvalue weighted by molar-refractivity contribution is 0.805. The van der Waals surface area contributed by atoms with Crippen LogP contribution < -0.4 is 0 Å². The van der Waals surface area contributed by atoms with E-state index in [1.807, 2.05) is 25.1 Å². The molecule has 0 aliphatic rings. The van der Waals surface area contributed by atoms with Gasteiger partial charge in [-0.1, -0.05) is 23.7 Å². The zero-order valence-corrected chi connectivity index (χ0v) is 11.8. The molecule has 0 saturated heterocycles. The second kappa shape index (κ2) is 4.71. The monoisotopic (exact) mass is 270 g/mol. The van der Waals surface area contributed by atoms with E-state index in [-0.39, 0.29) is 0 Å². The molecule has 19 heavy (non-hydrogen) atoms. The average Bonchev–Trinajstić information content (AvgIpc) is 2.76. The third kappa shape index (κ3) is 2.13. The maximum absolute atomic E-state index is 6.09. The lowest BCUT2D eigenvalue weighted by Crippen LogP contribution is -1.96. The molecule has 2 heterocycles. The van der Waals surface area contributed by atoms with E-state index in [1.54, 1.807) is 0 Å². The Balaban J connectivity index is 2.28. The van der Waals surface area contributed by atoms with E-state index in [0.29, 0.717) is 0 Å².